The molecule has 1 rings (SSSR count). The topological polar surface area (TPSA) is 26.3 Å². The quantitative estimate of drug-likeness (QED) is 0.456. The van der Waals surface area contributed by atoms with Gasteiger partial charge in [-0.25, -0.2) is 0 Å². The molecule has 1 saturated carbocycles. The van der Waals surface area contributed by atoms with E-state index in [4.69, 9.17) is 4.74 Å². The zero-order valence-electron chi connectivity index (χ0n) is 8.89. The van der Waals surface area contributed by atoms with Gasteiger partial charge in [-0.15, -0.1) is 0 Å². The molecule has 0 radical (unpaired) electrons. The molecule has 0 bridgehead atoms. The van der Waals surface area contributed by atoms with E-state index in [0.29, 0.717) is 0 Å². The van der Waals surface area contributed by atoms with Crippen molar-refractivity contribution in [3.05, 3.63) is 0 Å². The van der Waals surface area contributed by atoms with Gasteiger partial charge in [-0.3, -0.25) is 4.79 Å². The molecule has 1 aliphatic rings. The first kappa shape index (κ1) is 10.1. The lowest BCUT2D eigenvalue weighted by Gasteiger charge is -2.03. The van der Waals surface area contributed by atoms with Crippen LogP contribution in [-0.4, -0.2) is 5.97 Å². The SMILES string of the molecule is CC#COC(=O)C1C(C)(C)C1(C)C. The molecule has 2 heteroatoms. The predicted molar refractivity (Wildman–Crippen MR) is 50.6 cm³/mol. The number of hydrogen-bond acceptors (Lipinski definition) is 2. The monoisotopic (exact) mass is 180 g/mol. The van der Waals surface area contributed by atoms with Crippen molar-refractivity contribution in [2.75, 3.05) is 0 Å². The van der Waals surface area contributed by atoms with Crippen LogP contribution in [0.4, 0.5) is 0 Å². The molecule has 0 aromatic carbocycles. The molecule has 13 heavy (non-hydrogen) atoms. The molecule has 0 aromatic heterocycles. The zero-order valence-corrected chi connectivity index (χ0v) is 8.89. The van der Waals surface area contributed by atoms with Crippen LogP contribution >= 0.6 is 0 Å². The molecular formula is C11H16O2. The number of rotatable bonds is 1. The fourth-order valence-electron chi connectivity index (χ4n) is 1.95. The molecule has 0 heterocycles. The Morgan fingerprint density at radius 2 is 1.69 bits per heavy atom. The summed E-state index contributed by atoms with van der Waals surface area (Å²) < 4.78 is 4.79. The first-order valence-corrected chi connectivity index (χ1v) is 4.48. The van der Waals surface area contributed by atoms with Crippen molar-refractivity contribution in [1.82, 2.24) is 0 Å². The van der Waals surface area contributed by atoms with Crippen LogP contribution < -0.4 is 0 Å². The summed E-state index contributed by atoms with van der Waals surface area (Å²) in [6, 6.07) is 0. The summed E-state index contributed by atoms with van der Waals surface area (Å²) in [7, 11) is 0. The van der Waals surface area contributed by atoms with Gasteiger partial charge < -0.3 is 4.74 Å². The summed E-state index contributed by atoms with van der Waals surface area (Å²) in [6.07, 6.45) is 2.35. The van der Waals surface area contributed by atoms with Crippen molar-refractivity contribution in [3.8, 4) is 12.0 Å². The first-order valence-electron chi connectivity index (χ1n) is 4.48. The summed E-state index contributed by atoms with van der Waals surface area (Å²) in [6.45, 7) is 9.98. The molecule has 0 aliphatic heterocycles. The van der Waals surface area contributed by atoms with Crippen molar-refractivity contribution < 1.29 is 9.53 Å². The van der Waals surface area contributed by atoms with Gasteiger partial charge in [-0.2, -0.15) is 0 Å². The highest BCUT2D eigenvalue weighted by atomic mass is 16.5. The van der Waals surface area contributed by atoms with Crippen LogP contribution in [-0.2, 0) is 9.53 Å². The summed E-state index contributed by atoms with van der Waals surface area (Å²) in [4.78, 5) is 11.5. The summed E-state index contributed by atoms with van der Waals surface area (Å²) >= 11 is 0. The smallest absolute Gasteiger partial charge is 0.324 e. The Hall–Kier alpha value is -0.970. The van der Waals surface area contributed by atoms with E-state index in [2.05, 4.69) is 39.7 Å². The molecule has 72 valence electrons. The molecule has 0 unspecified atom stereocenters. The fourth-order valence-corrected chi connectivity index (χ4v) is 1.95. The van der Waals surface area contributed by atoms with Gasteiger partial charge in [-0.05, 0) is 10.8 Å². The lowest BCUT2D eigenvalue weighted by Crippen LogP contribution is -2.08. The van der Waals surface area contributed by atoms with E-state index in [0.717, 1.165) is 0 Å². The zero-order chi connectivity index (χ0) is 10.3. The second kappa shape index (κ2) is 2.77. The van der Waals surface area contributed by atoms with E-state index >= 15 is 0 Å². The predicted octanol–water partition coefficient (Wildman–Crippen LogP) is 2.19. The Labute approximate surface area is 79.7 Å². The van der Waals surface area contributed by atoms with E-state index in [1.807, 2.05) is 0 Å². The highest BCUT2D eigenvalue weighted by Gasteiger charge is 2.69. The van der Waals surface area contributed by atoms with Gasteiger partial charge >= 0.3 is 5.97 Å². The molecule has 0 amide bonds. The number of esters is 1. The maximum absolute atomic E-state index is 11.5. The molecule has 0 saturated heterocycles. The van der Waals surface area contributed by atoms with Gasteiger partial charge in [0.2, 0.25) is 0 Å². The highest BCUT2D eigenvalue weighted by Crippen LogP contribution is 2.68. The number of carbonyl (C=O) groups is 1. The molecule has 0 N–H and O–H groups in total. The minimum Gasteiger partial charge on any atom is -0.372 e. The van der Waals surface area contributed by atoms with Gasteiger partial charge in [0.25, 0.3) is 0 Å². The van der Waals surface area contributed by atoms with E-state index in [9.17, 15) is 4.79 Å². The molecule has 2 nitrogen and oxygen atoms in total. The summed E-state index contributed by atoms with van der Waals surface area (Å²) in [5, 5.41) is 0. The van der Waals surface area contributed by atoms with Crippen molar-refractivity contribution in [2.24, 2.45) is 16.7 Å². The minimum atomic E-state index is -0.190. The van der Waals surface area contributed by atoms with Crippen LogP contribution in [0.5, 0.6) is 0 Å². The van der Waals surface area contributed by atoms with Gasteiger partial charge in [-0.1, -0.05) is 33.6 Å². The maximum atomic E-state index is 11.5. The molecular weight excluding hydrogens is 164 g/mol. The average Bonchev–Trinajstić information content (AvgIpc) is 2.39. The summed E-state index contributed by atoms with van der Waals surface area (Å²) in [5.41, 5.74) is 0.0824. The van der Waals surface area contributed by atoms with Crippen molar-refractivity contribution >= 4 is 5.97 Å². The Bertz CT molecular complexity index is 275. The van der Waals surface area contributed by atoms with E-state index in [1.54, 1.807) is 6.92 Å². The summed E-state index contributed by atoms with van der Waals surface area (Å²) in [5.74, 6) is 2.34. The maximum Gasteiger partial charge on any atom is 0.324 e. The third-order valence-corrected chi connectivity index (χ3v) is 3.51. The number of ether oxygens (including phenoxy) is 1. The van der Waals surface area contributed by atoms with Crippen molar-refractivity contribution in [1.29, 1.82) is 0 Å². The van der Waals surface area contributed by atoms with Crippen molar-refractivity contribution in [2.45, 2.75) is 34.6 Å². The number of hydrogen-bond donors (Lipinski definition) is 0. The molecule has 1 fully saturated rings. The molecule has 0 atom stereocenters. The number of carbonyl (C=O) groups excluding carboxylic acids is 1. The molecule has 1 aliphatic carbocycles. The Kier molecular flexibility index (Phi) is 2.15. The van der Waals surface area contributed by atoms with Crippen LogP contribution in [0.15, 0.2) is 0 Å². The van der Waals surface area contributed by atoms with Crippen LogP contribution in [0.1, 0.15) is 34.6 Å². The first-order chi connectivity index (χ1) is 5.85. The van der Waals surface area contributed by atoms with Crippen LogP contribution in [0.3, 0.4) is 0 Å². The largest absolute Gasteiger partial charge is 0.372 e. The van der Waals surface area contributed by atoms with Crippen molar-refractivity contribution in [3.63, 3.8) is 0 Å². The Balaban J connectivity index is 2.66. The second-order valence-corrected chi connectivity index (χ2v) is 4.65. The van der Waals surface area contributed by atoms with Crippen LogP contribution in [0.25, 0.3) is 0 Å². The standard InChI is InChI=1S/C11H16O2/c1-6-7-13-9(12)8-10(2,3)11(8,4)5/h8H,1-5H3. The van der Waals surface area contributed by atoms with Gasteiger partial charge in [0.05, 0.1) is 5.92 Å². The fraction of sp³-hybridized carbons (Fsp3) is 0.727. The molecule has 0 spiro atoms. The normalized spacial score (nSPS) is 22.8. The van der Waals surface area contributed by atoms with E-state index in [-0.39, 0.29) is 22.7 Å². The van der Waals surface area contributed by atoms with Crippen LogP contribution in [0.2, 0.25) is 0 Å². The average molecular weight is 180 g/mol. The van der Waals surface area contributed by atoms with Crippen LogP contribution in [0, 0.1) is 28.8 Å². The lowest BCUT2D eigenvalue weighted by atomic mass is 10.0. The molecule has 0 aromatic rings. The Morgan fingerprint density at radius 1 is 1.23 bits per heavy atom. The van der Waals surface area contributed by atoms with Gasteiger partial charge in [0, 0.05) is 6.92 Å². The van der Waals surface area contributed by atoms with Gasteiger partial charge in [0.15, 0.2) is 0 Å². The minimum absolute atomic E-state index is 0.0131. The lowest BCUT2D eigenvalue weighted by molar-refractivity contribution is -0.139. The Morgan fingerprint density at radius 3 is 2.00 bits per heavy atom. The third kappa shape index (κ3) is 1.33. The van der Waals surface area contributed by atoms with E-state index < -0.39 is 0 Å². The van der Waals surface area contributed by atoms with E-state index in [1.165, 1.54) is 0 Å². The second-order valence-electron chi connectivity index (χ2n) is 4.65. The van der Waals surface area contributed by atoms with Gasteiger partial charge in [0.1, 0.15) is 6.11 Å². The third-order valence-electron chi connectivity index (χ3n) is 3.51. The highest BCUT2D eigenvalue weighted by molar-refractivity contribution is 5.79.